The lowest BCUT2D eigenvalue weighted by atomic mass is 9.44. The zero-order valence-corrected chi connectivity index (χ0v) is 20.8. The molecule has 8 atom stereocenters. The second kappa shape index (κ2) is 8.73. The number of rotatable bonds is 7. The van der Waals surface area contributed by atoms with Crippen LogP contribution in [0.3, 0.4) is 0 Å². The van der Waals surface area contributed by atoms with Crippen molar-refractivity contribution in [1.29, 1.82) is 0 Å². The maximum Gasteiger partial charge on any atom is 0.208 e. The molecule has 31 heavy (non-hydrogen) atoms. The fourth-order valence-corrected chi connectivity index (χ4v) is 9.20. The highest BCUT2D eigenvalue weighted by Gasteiger charge is 2.60. The molecule has 0 bridgehead atoms. The first-order valence-electron chi connectivity index (χ1n) is 12.6. The van der Waals surface area contributed by atoms with Gasteiger partial charge in [-0.2, -0.15) is 0 Å². The van der Waals surface area contributed by atoms with Gasteiger partial charge in [0.2, 0.25) is 10.0 Å². The highest BCUT2D eigenvalue weighted by Crippen LogP contribution is 2.68. The third kappa shape index (κ3) is 4.39. The predicted molar refractivity (Wildman–Crippen MR) is 128 cm³/mol. The van der Waals surface area contributed by atoms with Crippen LogP contribution >= 0.6 is 0 Å². The maximum atomic E-state index is 11.6. The lowest BCUT2D eigenvalue weighted by Crippen LogP contribution is -2.55. The molecule has 0 radical (unpaired) electrons. The van der Waals surface area contributed by atoms with Crippen molar-refractivity contribution in [2.45, 2.75) is 77.7 Å². The Balaban J connectivity index is 1.46. The Kier molecular flexibility index (Phi) is 6.68. The molecule has 4 aliphatic carbocycles. The Morgan fingerprint density at radius 2 is 1.74 bits per heavy atom. The Labute approximate surface area is 190 Å². The molecule has 178 valence electrons. The molecule has 0 amide bonds. The quantitative estimate of drug-likeness (QED) is 0.516. The van der Waals surface area contributed by atoms with E-state index in [0.29, 0.717) is 29.3 Å². The lowest BCUT2D eigenvalue weighted by molar-refractivity contribution is -0.112. The molecule has 0 heterocycles. The molecule has 5 nitrogen and oxygen atoms in total. The van der Waals surface area contributed by atoms with Crippen molar-refractivity contribution in [2.75, 3.05) is 25.9 Å². The highest BCUT2D eigenvalue weighted by molar-refractivity contribution is 7.88. The fraction of sp³-hybridized carbons (Fsp3) is 0.920. The van der Waals surface area contributed by atoms with E-state index in [4.69, 9.17) is 5.73 Å². The van der Waals surface area contributed by atoms with Gasteiger partial charge in [-0.15, -0.1) is 0 Å². The van der Waals surface area contributed by atoms with Crippen LogP contribution in [0, 0.1) is 40.4 Å². The molecule has 0 aromatic heterocycles. The van der Waals surface area contributed by atoms with Crippen molar-refractivity contribution in [3.63, 3.8) is 0 Å². The van der Waals surface area contributed by atoms with Crippen LogP contribution in [-0.4, -0.2) is 40.3 Å². The molecule has 0 spiro atoms. The van der Waals surface area contributed by atoms with Gasteiger partial charge in [-0.25, -0.2) is 13.1 Å². The van der Waals surface area contributed by atoms with Crippen LogP contribution in [0.1, 0.15) is 71.6 Å². The summed E-state index contributed by atoms with van der Waals surface area (Å²) in [6.45, 7) is 11.5. The minimum atomic E-state index is -3.17. The molecule has 4 aliphatic rings. The molecule has 4 saturated carbocycles. The van der Waals surface area contributed by atoms with Crippen molar-refractivity contribution in [2.24, 2.45) is 46.2 Å². The van der Waals surface area contributed by atoms with Crippen LogP contribution in [0.5, 0.6) is 0 Å². The largest absolute Gasteiger partial charge is 0.329 e. The Morgan fingerprint density at radius 3 is 2.45 bits per heavy atom. The van der Waals surface area contributed by atoms with E-state index in [-0.39, 0.29) is 0 Å². The minimum absolute atomic E-state index is 0.292. The van der Waals surface area contributed by atoms with E-state index < -0.39 is 10.0 Å². The monoisotopic (exact) mass is 451 g/mol. The predicted octanol–water partition coefficient (Wildman–Crippen LogP) is 3.67. The summed E-state index contributed by atoms with van der Waals surface area (Å²) in [6, 6.07) is 0.661. The first kappa shape index (κ1) is 23.7. The molecule has 0 aromatic rings. The van der Waals surface area contributed by atoms with E-state index in [2.05, 4.69) is 30.5 Å². The number of sulfonamides is 1. The molecule has 4 N–H and O–H groups in total. The third-order valence-corrected chi connectivity index (χ3v) is 11.0. The molecule has 0 saturated heterocycles. The van der Waals surface area contributed by atoms with E-state index in [1.807, 2.05) is 0 Å². The second-order valence-corrected chi connectivity index (χ2v) is 13.6. The van der Waals surface area contributed by atoms with Crippen molar-refractivity contribution in [3.8, 4) is 0 Å². The lowest BCUT2D eigenvalue weighted by Gasteiger charge is -2.61. The van der Waals surface area contributed by atoms with Gasteiger partial charge in [0.1, 0.15) is 0 Å². The summed E-state index contributed by atoms with van der Waals surface area (Å²) in [7, 11) is -3.17. The summed E-state index contributed by atoms with van der Waals surface area (Å²) < 4.78 is 25.9. The van der Waals surface area contributed by atoms with Crippen LogP contribution in [0.15, 0.2) is 12.2 Å². The first-order valence-corrected chi connectivity index (χ1v) is 14.5. The van der Waals surface area contributed by atoms with Gasteiger partial charge in [0.25, 0.3) is 0 Å². The maximum absolute atomic E-state index is 11.6. The van der Waals surface area contributed by atoms with Gasteiger partial charge in [-0.05, 0) is 98.2 Å². The van der Waals surface area contributed by atoms with Crippen LogP contribution in [-0.2, 0) is 10.0 Å². The Hall–Kier alpha value is -0.430. The normalized spacial score (nSPS) is 44.9. The van der Waals surface area contributed by atoms with Gasteiger partial charge in [0.15, 0.2) is 0 Å². The third-order valence-electron chi connectivity index (χ3n) is 10.3. The second-order valence-electron chi connectivity index (χ2n) is 11.8. The molecule has 4 fully saturated rings. The van der Waals surface area contributed by atoms with E-state index in [1.165, 1.54) is 64.0 Å². The summed E-state index contributed by atoms with van der Waals surface area (Å²) in [4.78, 5) is 0. The van der Waals surface area contributed by atoms with Gasteiger partial charge in [0, 0.05) is 25.7 Å². The smallest absolute Gasteiger partial charge is 0.208 e. The van der Waals surface area contributed by atoms with E-state index in [9.17, 15) is 8.42 Å². The van der Waals surface area contributed by atoms with Crippen LogP contribution < -0.4 is 15.8 Å². The summed E-state index contributed by atoms with van der Waals surface area (Å²) in [5.74, 6) is 3.79. The molecule has 0 aromatic carbocycles. The fourth-order valence-electron chi connectivity index (χ4n) is 8.75. The van der Waals surface area contributed by atoms with Crippen molar-refractivity contribution >= 4 is 10.0 Å². The van der Waals surface area contributed by atoms with Crippen LogP contribution in [0.25, 0.3) is 0 Å². The van der Waals surface area contributed by atoms with Gasteiger partial charge in [-0.3, -0.25) is 0 Å². The van der Waals surface area contributed by atoms with Crippen LogP contribution in [0.2, 0.25) is 0 Å². The summed E-state index contributed by atoms with van der Waals surface area (Å²) in [5.41, 5.74) is 7.61. The summed E-state index contributed by atoms with van der Waals surface area (Å²) in [6.07, 6.45) is 13.1. The SMILES string of the molecule is C=C(CNS(C)(=O)=O)[C@H]1CCC2C3CC[C@H]4C[C@@H](NCCN)CC[C@]4(C)C3CC[C@@]21C. The number of fused-ring (bicyclic) bond motifs is 5. The average molecular weight is 452 g/mol. The van der Waals surface area contributed by atoms with Crippen molar-refractivity contribution < 1.29 is 8.42 Å². The topological polar surface area (TPSA) is 84.2 Å². The zero-order chi connectivity index (χ0) is 22.4. The first-order chi connectivity index (χ1) is 14.6. The Bertz CT molecular complexity index is 784. The summed E-state index contributed by atoms with van der Waals surface area (Å²) >= 11 is 0. The van der Waals surface area contributed by atoms with Gasteiger partial charge in [0.05, 0.1) is 6.26 Å². The molecule has 0 aliphatic heterocycles. The standard InChI is InChI=1S/C25H45N3O2S/c1-17(16-28-31(4,29)30)21-7-8-22-20-6-5-18-15-19(27-14-13-26)9-11-24(18,2)23(20)10-12-25(21,22)3/h18-23,27-28H,1,5-16,26H2,2-4H3/t18-,19-,20?,21+,22?,23?,24-,25+/m0/s1. The summed E-state index contributed by atoms with van der Waals surface area (Å²) in [5, 5.41) is 3.69. The van der Waals surface area contributed by atoms with Crippen molar-refractivity contribution in [3.05, 3.63) is 12.2 Å². The number of nitrogens with two attached hydrogens (primary N) is 1. The number of hydrogen-bond donors (Lipinski definition) is 3. The number of nitrogens with one attached hydrogen (secondary N) is 2. The molecule has 6 heteroatoms. The molecular weight excluding hydrogens is 406 g/mol. The highest BCUT2D eigenvalue weighted by atomic mass is 32.2. The molecular formula is C25H45N3O2S. The Morgan fingerprint density at radius 1 is 1.03 bits per heavy atom. The van der Waals surface area contributed by atoms with E-state index >= 15 is 0 Å². The minimum Gasteiger partial charge on any atom is -0.329 e. The zero-order valence-electron chi connectivity index (χ0n) is 20.0. The van der Waals surface area contributed by atoms with Crippen LogP contribution in [0.4, 0.5) is 0 Å². The molecule has 3 unspecified atom stereocenters. The number of hydrogen-bond acceptors (Lipinski definition) is 4. The van der Waals surface area contributed by atoms with Crippen molar-refractivity contribution in [1.82, 2.24) is 10.0 Å². The van der Waals surface area contributed by atoms with Gasteiger partial charge in [-0.1, -0.05) is 26.0 Å². The molecule has 4 rings (SSSR count). The average Bonchev–Trinajstić information content (AvgIpc) is 3.07. The van der Waals surface area contributed by atoms with Gasteiger partial charge >= 0.3 is 0 Å². The van der Waals surface area contributed by atoms with E-state index in [1.54, 1.807) is 0 Å². The van der Waals surface area contributed by atoms with Gasteiger partial charge < -0.3 is 11.1 Å². The van der Waals surface area contributed by atoms with E-state index in [0.717, 1.165) is 42.3 Å².